The maximum absolute atomic E-state index is 2.45. The topological polar surface area (TPSA) is 3.24 Å². The number of hydrogen-bond acceptors (Lipinski definition) is 1. The van der Waals surface area contributed by atoms with Gasteiger partial charge in [0.2, 0.25) is 0 Å². The van der Waals surface area contributed by atoms with E-state index in [0.29, 0.717) is 0 Å². The lowest BCUT2D eigenvalue weighted by molar-refractivity contribution is 0.768. The Morgan fingerprint density at radius 2 is 0.707 bits per heavy atom. The predicted molar refractivity (Wildman–Crippen MR) is 244 cm³/mol. The second kappa shape index (κ2) is 13.9. The quantitative estimate of drug-likeness (QED) is 0.157. The molecular formula is C57H39N. The smallest absolute Gasteiger partial charge is 0.0714 e. The zero-order valence-electron chi connectivity index (χ0n) is 32.0. The largest absolute Gasteiger partial charge is 0.310 e. The minimum absolute atomic E-state index is 0.490. The Morgan fingerprint density at radius 1 is 0.259 bits per heavy atom. The maximum Gasteiger partial charge on any atom is 0.0714 e. The SMILES string of the molecule is c1ccc(-c2ccc(N(c3ccc4c(c3)C(c3ccccc3)(c3ccccc3)c3ccccc3-4)c3ccc4cc(-c5ccc6ccccc6c5)ccc4c3)cc2)cc1. The van der Waals surface area contributed by atoms with Crippen LogP contribution in [0.5, 0.6) is 0 Å². The van der Waals surface area contributed by atoms with Crippen molar-refractivity contribution in [2.45, 2.75) is 5.41 Å². The molecule has 0 amide bonds. The molecule has 58 heavy (non-hydrogen) atoms. The molecule has 0 heterocycles. The molecule has 1 aliphatic carbocycles. The fourth-order valence-electron chi connectivity index (χ4n) is 9.37. The number of anilines is 3. The first kappa shape index (κ1) is 33.8. The average Bonchev–Trinajstić information content (AvgIpc) is 3.60. The predicted octanol–water partition coefficient (Wildman–Crippen LogP) is 15.2. The van der Waals surface area contributed by atoms with Crippen molar-refractivity contribution in [2.24, 2.45) is 0 Å². The Kier molecular flexibility index (Phi) is 8.12. The first-order valence-corrected chi connectivity index (χ1v) is 20.1. The van der Waals surface area contributed by atoms with Crippen molar-refractivity contribution >= 4 is 38.6 Å². The molecule has 0 saturated heterocycles. The van der Waals surface area contributed by atoms with Gasteiger partial charge in [-0.2, -0.15) is 0 Å². The van der Waals surface area contributed by atoms with Crippen molar-refractivity contribution in [3.05, 3.63) is 259 Å². The van der Waals surface area contributed by atoms with Gasteiger partial charge in [0, 0.05) is 17.1 Å². The average molecular weight is 738 g/mol. The Bertz CT molecular complexity index is 3050. The van der Waals surface area contributed by atoms with Gasteiger partial charge in [0.15, 0.2) is 0 Å². The van der Waals surface area contributed by atoms with E-state index >= 15 is 0 Å². The molecule has 10 aromatic carbocycles. The standard InChI is InChI=1S/C57H39N/c1-4-14-40(15-5-1)42-28-31-50(32-29-42)58(51-33-30-46-37-45(26-27-47(46)38-51)44-25-24-41-16-10-11-17-43(41)36-44)52-34-35-54-53-22-12-13-23-55(53)57(56(54)39-52,48-18-6-2-7-19-48)49-20-8-3-9-21-49/h1-39H. The molecule has 0 atom stereocenters. The molecule has 0 unspecified atom stereocenters. The molecule has 0 spiro atoms. The summed E-state index contributed by atoms with van der Waals surface area (Å²) in [6.07, 6.45) is 0. The Labute approximate surface area is 339 Å². The van der Waals surface area contributed by atoms with E-state index in [2.05, 4.69) is 241 Å². The number of benzene rings is 10. The molecule has 1 aliphatic rings. The van der Waals surface area contributed by atoms with E-state index in [1.54, 1.807) is 0 Å². The molecule has 10 aromatic rings. The van der Waals surface area contributed by atoms with Crippen molar-refractivity contribution in [3.63, 3.8) is 0 Å². The first-order chi connectivity index (χ1) is 28.7. The summed E-state index contributed by atoms with van der Waals surface area (Å²) in [5.41, 5.74) is 15.4. The lowest BCUT2D eigenvalue weighted by Gasteiger charge is -2.35. The van der Waals surface area contributed by atoms with Crippen LogP contribution in [0.3, 0.4) is 0 Å². The van der Waals surface area contributed by atoms with Gasteiger partial charge < -0.3 is 4.90 Å². The monoisotopic (exact) mass is 737 g/mol. The van der Waals surface area contributed by atoms with Crippen LogP contribution in [0.25, 0.3) is 54.9 Å². The van der Waals surface area contributed by atoms with Crippen molar-refractivity contribution in [2.75, 3.05) is 4.90 Å². The number of fused-ring (bicyclic) bond motifs is 5. The number of nitrogens with zero attached hydrogens (tertiary/aromatic N) is 1. The highest BCUT2D eigenvalue weighted by atomic mass is 15.1. The van der Waals surface area contributed by atoms with Gasteiger partial charge in [0.25, 0.3) is 0 Å². The van der Waals surface area contributed by atoms with Crippen molar-refractivity contribution in [1.29, 1.82) is 0 Å². The summed E-state index contributed by atoms with van der Waals surface area (Å²) in [4.78, 5) is 2.43. The fraction of sp³-hybridized carbons (Fsp3) is 0.0175. The molecule has 11 rings (SSSR count). The van der Waals surface area contributed by atoms with E-state index in [0.717, 1.165) is 17.1 Å². The molecule has 0 aromatic heterocycles. The summed E-state index contributed by atoms with van der Waals surface area (Å²) in [5.74, 6) is 0. The van der Waals surface area contributed by atoms with E-state index in [9.17, 15) is 0 Å². The Morgan fingerprint density at radius 3 is 1.41 bits per heavy atom. The number of rotatable bonds is 7. The third-order valence-electron chi connectivity index (χ3n) is 12.1. The molecule has 1 heteroatoms. The number of hydrogen-bond donors (Lipinski definition) is 0. The van der Waals surface area contributed by atoms with Crippen molar-refractivity contribution in [3.8, 4) is 33.4 Å². The van der Waals surface area contributed by atoms with E-state index in [1.807, 2.05) is 0 Å². The molecule has 0 bridgehead atoms. The lowest BCUT2D eigenvalue weighted by Crippen LogP contribution is -2.28. The summed E-state index contributed by atoms with van der Waals surface area (Å²) < 4.78 is 0. The molecule has 0 aliphatic heterocycles. The van der Waals surface area contributed by atoms with Crippen LogP contribution in [0.1, 0.15) is 22.3 Å². The molecular weight excluding hydrogens is 699 g/mol. The zero-order chi connectivity index (χ0) is 38.5. The fourth-order valence-corrected chi connectivity index (χ4v) is 9.37. The van der Waals surface area contributed by atoms with Gasteiger partial charge >= 0.3 is 0 Å². The van der Waals surface area contributed by atoms with Crippen LogP contribution in [0, 0.1) is 0 Å². The van der Waals surface area contributed by atoms with Crippen LogP contribution in [-0.2, 0) is 5.41 Å². The van der Waals surface area contributed by atoms with Crippen LogP contribution in [-0.4, -0.2) is 0 Å². The summed E-state index contributed by atoms with van der Waals surface area (Å²) >= 11 is 0. The summed E-state index contributed by atoms with van der Waals surface area (Å²) in [7, 11) is 0. The molecule has 272 valence electrons. The normalized spacial score (nSPS) is 12.6. The van der Waals surface area contributed by atoms with Gasteiger partial charge in [0.05, 0.1) is 5.41 Å². The second-order valence-corrected chi connectivity index (χ2v) is 15.3. The van der Waals surface area contributed by atoms with Crippen LogP contribution in [0.2, 0.25) is 0 Å². The second-order valence-electron chi connectivity index (χ2n) is 15.3. The van der Waals surface area contributed by atoms with Crippen LogP contribution >= 0.6 is 0 Å². The highest BCUT2D eigenvalue weighted by molar-refractivity contribution is 5.95. The minimum Gasteiger partial charge on any atom is -0.310 e. The highest BCUT2D eigenvalue weighted by Gasteiger charge is 2.46. The molecule has 0 N–H and O–H groups in total. The third-order valence-corrected chi connectivity index (χ3v) is 12.1. The Balaban J connectivity index is 1.09. The molecule has 0 radical (unpaired) electrons. The summed E-state index contributed by atoms with van der Waals surface area (Å²) in [6, 6.07) is 86.9. The van der Waals surface area contributed by atoms with Crippen LogP contribution < -0.4 is 4.90 Å². The van der Waals surface area contributed by atoms with Gasteiger partial charge in [-0.05, 0) is 126 Å². The third kappa shape index (κ3) is 5.55. The summed E-state index contributed by atoms with van der Waals surface area (Å²) in [5, 5.41) is 4.92. The minimum atomic E-state index is -0.490. The van der Waals surface area contributed by atoms with E-state index in [4.69, 9.17) is 0 Å². The van der Waals surface area contributed by atoms with E-state index in [-0.39, 0.29) is 0 Å². The van der Waals surface area contributed by atoms with Gasteiger partial charge in [0.1, 0.15) is 0 Å². The highest BCUT2D eigenvalue weighted by Crippen LogP contribution is 2.57. The summed E-state index contributed by atoms with van der Waals surface area (Å²) in [6.45, 7) is 0. The van der Waals surface area contributed by atoms with Gasteiger partial charge in [-0.15, -0.1) is 0 Å². The molecule has 0 fully saturated rings. The first-order valence-electron chi connectivity index (χ1n) is 20.1. The Hall–Kier alpha value is -7.48. The zero-order valence-corrected chi connectivity index (χ0v) is 32.0. The van der Waals surface area contributed by atoms with Gasteiger partial charge in [-0.3, -0.25) is 0 Å². The van der Waals surface area contributed by atoms with E-state index < -0.39 is 5.41 Å². The van der Waals surface area contributed by atoms with E-state index in [1.165, 1.54) is 77.2 Å². The van der Waals surface area contributed by atoms with Gasteiger partial charge in [-0.1, -0.05) is 188 Å². The van der Waals surface area contributed by atoms with Crippen molar-refractivity contribution < 1.29 is 0 Å². The van der Waals surface area contributed by atoms with Crippen LogP contribution in [0.15, 0.2) is 237 Å². The van der Waals surface area contributed by atoms with Crippen molar-refractivity contribution in [1.82, 2.24) is 0 Å². The lowest BCUT2D eigenvalue weighted by atomic mass is 9.67. The van der Waals surface area contributed by atoms with Crippen LogP contribution in [0.4, 0.5) is 17.1 Å². The molecule has 1 nitrogen and oxygen atoms in total. The maximum atomic E-state index is 2.45. The molecule has 0 saturated carbocycles. The van der Waals surface area contributed by atoms with Gasteiger partial charge in [-0.25, -0.2) is 0 Å².